The van der Waals surface area contributed by atoms with E-state index in [-0.39, 0.29) is 67.5 Å². The summed E-state index contributed by atoms with van der Waals surface area (Å²) in [6.07, 6.45) is 2.11. The van der Waals surface area contributed by atoms with Crippen LogP contribution in [0.5, 0.6) is 0 Å². The molecule has 176 valence electrons. The fourth-order valence-electron chi connectivity index (χ4n) is 4.28. The molecule has 1 rings (SSSR count). The molecule has 6 nitrogen and oxygen atoms in total. The predicted octanol–water partition coefficient (Wildman–Crippen LogP) is 4.99. The van der Waals surface area contributed by atoms with Crippen molar-refractivity contribution in [3.8, 4) is 0 Å². The first-order valence-electron chi connectivity index (χ1n) is 11.2. The van der Waals surface area contributed by atoms with Gasteiger partial charge in [-0.05, 0) is 35.5 Å². The van der Waals surface area contributed by atoms with Crippen LogP contribution in [0.25, 0.3) is 0 Å². The minimum absolute atomic E-state index is 0.0852. The van der Waals surface area contributed by atoms with Gasteiger partial charge in [0.05, 0.1) is 39.3 Å². The number of ether oxygens (including phenoxy) is 4. The van der Waals surface area contributed by atoms with Crippen LogP contribution in [0.2, 0.25) is 0 Å². The first kappa shape index (κ1) is 26.9. The summed E-state index contributed by atoms with van der Waals surface area (Å²) in [4.78, 5) is 25.0. The molecular weight excluding hydrogens is 384 g/mol. The van der Waals surface area contributed by atoms with Crippen LogP contribution in [0.3, 0.4) is 0 Å². The molecular formula is C24H44O6. The highest BCUT2D eigenvalue weighted by atomic mass is 16.7. The molecule has 1 aliphatic heterocycles. The standard InChI is InChI=1S/C24H44O6/c1-18(9-22(3,4)5)13-29-20(25)11-24(15-27-17-28-16-24)12-21(26)30-14-19(2)10-23(6,7)8/h18-19H,9-17H2,1-8H3/t18-,19-/m0/s1. The Morgan fingerprint density at radius 2 is 1.17 bits per heavy atom. The van der Waals surface area contributed by atoms with Gasteiger partial charge in [-0.3, -0.25) is 9.59 Å². The fourth-order valence-corrected chi connectivity index (χ4v) is 4.28. The number of hydrogen-bond donors (Lipinski definition) is 0. The molecule has 0 unspecified atom stereocenters. The lowest BCUT2D eigenvalue weighted by atomic mass is 9.82. The van der Waals surface area contributed by atoms with E-state index in [2.05, 4.69) is 55.4 Å². The summed E-state index contributed by atoms with van der Waals surface area (Å²) in [5, 5.41) is 0. The molecule has 0 spiro atoms. The van der Waals surface area contributed by atoms with Crippen molar-refractivity contribution in [3.63, 3.8) is 0 Å². The van der Waals surface area contributed by atoms with Gasteiger partial charge in [0.15, 0.2) is 0 Å². The SMILES string of the molecule is C[C@H](COC(=O)CC1(CC(=O)OC[C@@H](C)CC(C)(C)C)COCOC1)CC(C)(C)C. The molecule has 30 heavy (non-hydrogen) atoms. The zero-order chi connectivity index (χ0) is 23.0. The maximum atomic E-state index is 12.5. The van der Waals surface area contributed by atoms with E-state index in [4.69, 9.17) is 18.9 Å². The van der Waals surface area contributed by atoms with E-state index in [9.17, 15) is 9.59 Å². The van der Waals surface area contributed by atoms with Crippen LogP contribution in [0.4, 0.5) is 0 Å². The van der Waals surface area contributed by atoms with Crippen LogP contribution in [0, 0.1) is 28.1 Å². The van der Waals surface area contributed by atoms with Crippen molar-refractivity contribution in [2.24, 2.45) is 28.1 Å². The highest BCUT2D eigenvalue weighted by molar-refractivity contribution is 5.74. The lowest BCUT2D eigenvalue weighted by molar-refractivity contribution is -0.187. The van der Waals surface area contributed by atoms with Gasteiger partial charge >= 0.3 is 11.9 Å². The van der Waals surface area contributed by atoms with Gasteiger partial charge in [-0.2, -0.15) is 0 Å². The van der Waals surface area contributed by atoms with Gasteiger partial charge in [0, 0.05) is 5.41 Å². The summed E-state index contributed by atoms with van der Waals surface area (Å²) in [7, 11) is 0. The molecule has 1 saturated heterocycles. The minimum atomic E-state index is -0.729. The van der Waals surface area contributed by atoms with Crippen molar-refractivity contribution >= 4 is 11.9 Å². The van der Waals surface area contributed by atoms with Crippen molar-refractivity contribution in [2.75, 3.05) is 33.2 Å². The van der Waals surface area contributed by atoms with Crippen molar-refractivity contribution in [3.05, 3.63) is 0 Å². The van der Waals surface area contributed by atoms with Gasteiger partial charge in [-0.15, -0.1) is 0 Å². The third-order valence-electron chi connectivity index (χ3n) is 5.00. The van der Waals surface area contributed by atoms with E-state index in [1.54, 1.807) is 0 Å². The lowest BCUT2D eigenvalue weighted by Crippen LogP contribution is -2.42. The van der Waals surface area contributed by atoms with Crippen LogP contribution < -0.4 is 0 Å². The first-order chi connectivity index (χ1) is 13.7. The molecule has 1 fully saturated rings. The summed E-state index contributed by atoms with van der Waals surface area (Å²) < 4.78 is 21.9. The molecule has 0 aliphatic carbocycles. The number of hydrogen-bond acceptors (Lipinski definition) is 6. The topological polar surface area (TPSA) is 71.1 Å². The average molecular weight is 429 g/mol. The summed E-state index contributed by atoms with van der Waals surface area (Å²) in [6, 6.07) is 0. The minimum Gasteiger partial charge on any atom is -0.465 e. The van der Waals surface area contributed by atoms with Crippen molar-refractivity contribution < 1.29 is 28.5 Å². The van der Waals surface area contributed by atoms with Gasteiger partial charge in [0.25, 0.3) is 0 Å². The van der Waals surface area contributed by atoms with Crippen molar-refractivity contribution in [2.45, 2.75) is 81.1 Å². The van der Waals surface area contributed by atoms with Crippen molar-refractivity contribution in [1.29, 1.82) is 0 Å². The predicted molar refractivity (Wildman–Crippen MR) is 117 cm³/mol. The van der Waals surface area contributed by atoms with Crippen molar-refractivity contribution in [1.82, 2.24) is 0 Å². The molecule has 2 atom stereocenters. The Morgan fingerprint density at radius 1 is 0.800 bits per heavy atom. The van der Waals surface area contributed by atoms with Crippen LogP contribution in [0.1, 0.15) is 81.1 Å². The fraction of sp³-hybridized carbons (Fsp3) is 0.917. The average Bonchev–Trinajstić information content (AvgIpc) is 2.56. The normalized spacial score (nSPS) is 19.1. The summed E-state index contributed by atoms with van der Waals surface area (Å²) >= 11 is 0. The van der Waals surface area contributed by atoms with Crippen LogP contribution >= 0.6 is 0 Å². The lowest BCUT2D eigenvalue weighted by Gasteiger charge is -2.35. The van der Waals surface area contributed by atoms with E-state index in [0.717, 1.165) is 12.8 Å². The van der Waals surface area contributed by atoms with Gasteiger partial charge in [-0.25, -0.2) is 0 Å². The smallest absolute Gasteiger partial charge is 0.306 e. The molecule has 0 aromatic heterocycles. The van der Waals surface area contributed by atoms with E-state index in [1.807, 2.05) is 0 Å². The van der Waals surface area contributed by atoms with Crippen LogP contribution in [-0.2, 0) is 28.5 Å². The van der Waals surface area contributed by atoms with Gasteiger partial charge in [-0.1, -0.05) is 55.4 Å². The molecule has 0 N–H and O–H groups in total. The van der Waals surface area contributed by atoms with Gasteiger partial charge < -0.3 is 18.9 Å². The Hall–Kier alpha value is -1.14. The quantitative estimate of drug-likeness (QED) is 0.457. The van der Waals surface area contributed by atoms with E-state index >= 15 is 0 Å². The van der Waals surface area contributed by atoms with Crippen LogP contribution in [0.15, 0.2) is 0 Å². The molecule has 0 bridgehead atoms. The highest BCUT2D eigenvalue weighted by Crippen LogP contribution is 2.32. The Morgan fingerprint density at radius 3 is 1.50 bits per heavy atom. The molecule has 0 saturated carbocycles. The second kappa shape index (κ2) is 11.5. The number of esters is 2. The maximum absolute atomic E-state index is 12.5. The summed E-state index contributed by atoms with van der Waals surface area (Å²) in [6.45, 7) is 18.7. The van der Waals surface area contributed by atoms with E-state index in [1.165, 1.54) is 0 Å². The zero-order valence-corrected chi connectivity index (χ0v) is 20.5. The molecule has 0 radical (unpaired) electrons. The molecule has 1 aliphatic rings. The Kier molecular flexibility index (Phi) is 10.3. The Bertz CT molecular complexity index is 495. The third-order valence-corrected chi connectivity index (χ3v) is 5.00. The van der Waals surface area contributed by atoms with E-state index < -0.39 is 5.41 Å². The number of carbonyl (C=O) groups is 2. The maximum Gasteiger partial charge on any atom is 0.306 e. The third kappa shape index (κ3) is 11.9. The van der Waals surface area contributed by atoms with Gasteiger partial charge in [0.1, 0.15) is 6.79 Å². The first-order valence-corrected chi connectivity index (χ1v) is 11.2. The monoisotopic (exact) mass is 428 g/mol. The summed E-state index contributed by atoms with van der Waals surface area (Å²) in [5.74, 6) is -0.0893. The molecule has 1 heterocycles. The second-order valence-corrected chi connectivity index (χ2v) is 11.8. The zero-order valence-electron chi connectivity index (χ0n) is 20.5. The molecule has 0 aromatic carbocycles. The largest absolute Gasteiger partial charge is 0.465 e. The summed E-state index contributed by atoms with van der Waals surface area (Å²) in [5.41, 5.74) is -0.356. The van der Waals surface area contributed by atoms with Gasteiger partial charge in [0.2, 0.25) is 0 Å². The highest BCUT2D eigenvalue weighted by Gasteiger charge is 2.40. The second-order valence-electron chi connectivity index (χ2n) is 11.8. The van der Waals surface area contributed by atoms with E-state index in [0.29, 0.717) is 13.2 Å². The molecule has 0 amide bonds. The number of carbonyl (C=O) groups excluding carboxylic acids is 2. The number of rotatable bonds is 10. The Labute approximate surface area is 183 Å². The Balaban J connectivity index is 2.56. The molecule has 0 aromatic rings. The molecule has 6 heteroatoms. The van der Waals surface area contributed by atoms with Crippen LogP contribution in [-0.4, -0.2) is 45.2 Å².